The van der Waals surface area contributed by atoms with E-state index >= 15 is 0 Å². The lowest BCUT2D eigenvalue weighted by Crippen LogP contribution is -2.53. The first-order valence-electron chi connectivity index (χ1n) is 12.2. The number of ether oxygens (including phenoxy) is 1. The van der Waals surface area contributed by atoms with E-state index in [1.165, 1.54) is 31.6 Å². The van der Waals surface area contributed by atoms with Gasteiger partial charge in [-0.3, -0.25) is 4.90 Å². The topological polar surface area (TPSA) is 56.8 Å². The molecule has 2 fully saturated rings. The maximum absolute atomic E-state index is 5.23. The zero-order chi connectivity index (χ0) is 23.3. The van der Waals surface area contributed by atoms with Crippen molar-refractivity contribution in [3.63, 3.8) is 0 Å². The standard InChI is InChI=1S/C27H34N6O/c1-31-12-10-24(11-13-31)32-14-16-33(17-15-32)25-5-3-4-23(18-25)30-27-28-19-22(20-29-27)21-6-8-26(34-2)9-7-21/h3-9,18-20,24H,10-17H2,1-2H3,(H,28,29,30). The molecule has 3 heterocycles. The fourth-order valence-corrected chi connectivity index (χ4v) is 4.94. The third kappa shape index (κ3) is 5.32. The Balaban J connectivity index is 1.18. The monoisotopic (exact) mass is 458 g/mol. The van der Waals surface area contributed by atoms with Crippen LogP contribution in [0.15, 0.2) is 60.9 Å². The number of hydrogen-bond acceptors (Lipinski definition) is 7. The van der Waals surface area contributed by atoms with Crippen molar-refractivity contribution in [2.75, 3.05) is 63.6 Å². The summed E-state index contributed by atoms with van der Waals surface area (Å²) in [6.07, 6.45) is 6.30. The number of rotatable bonds is 6. The summed E-state index contributed by atoms with van der Waals surface area (Å²) >= 11 is 0. The van der Waals surface area contributed by atoms with Gasteiger partial charge in [-0.15, -0.1) is 0 Å². The second-order valence-electron chi connectivity index (χ2n) is 9.26. The minimum absolute atomic E-state index is 0.599. The number of likely N-dealkylation sites (tertiary alicyclic amines) is 1. The van der Waals surface area contributed by atoms with E-state index in [0.29, 0.717) is 5.95 Å². The Bertz CT molecular complexity index is 1060. The number of aromatic nitrogens is 2. The zero-order valence-corrected chi connectivity index (χ0v) is 20.2. The van der Waals surface area contributed by atoms with E-state index in [1.807, 2.05) is 36.7 Å². The molecule has 0 spiro atoms. The lowest BCUT2D eigenvalue weighted by Gasteiger charge is -2.42. The lowest BCUT2D eigenvalue weighted by atomic mass is 10.0. The fourth-order valence-electron chi connectivity index (χ4n) is 4.94. The van der Waals surface area contributed by atoms with Gasteiger partial charge >= 0.3 is 0 Å². The van der Waals surface area contributed by atoms with Gasteiger partial charge in [-0.2, -0.15) is 0 Å². The van der Waals surface area contributed by atoms with E-state index in [0.717, 1.165) is 54.8 Å². The molecule has 2 saturated heterocycles. The number of piperazine rings is 1. The largest absolute Gasteiger partial charge is 0.497 e. The summed E-state index contributed by atoms with van der Waals surface area (Å²) in [5.41, 5.74) is 4.30. The first-order valence-corrected chi connectivity index (χ1v) is 12.2. The van der Waals surface area contributed by atoms with Crippen molar-refractivity contribution in [2.45, 2.75) is 18.9 Å². The number of hydrogen-bond donors (Lipinski definition) is 1. The number of anilines is 3. The van der Waals surface area contributed by atoms with E-state index in [9.17, 15) is 0 Å². The van der Waals surface area contributed by atoms with Crippen LogP contribution in [0.3, 0.4) is 0 Å². The summed E-state index contributed by atoms with van der Waals surface area (Å²) in [6, 6.07) is 17.2. The third-order valence-electron chi connectivity index (χ3n) is 7.06. The molecule has 0 saturated carbocycles. The second kappa shape index (κ2) is 10.4. The number of methoxy groups -OCH3 is 1. The molecule has 0 aliphatic carbocycles. The summed E-state index contributed by atoms with van der Waals surface area (Å²) in [5, 5.41) is 3.36. The molecule has 34 heavy (non-hydrogen) atoms. The molecule has 0 radical (unpaired) electrons. The van der Waals surface area contributed by atoms with Gasteiger partial charge in [0.15, 0.2) is 0 Å². The molecule has 0 amide bonds. The van der Waals surface area contributed by atoms with E-state index in [4.69, 9.17) is 4.74 Å². The lowest BCUT2D eigenvalue weighted by molar-refractivity contribution is 0.115. The van der Waals surface area contributed by atoms with Crippen molar-refractivity contribution >= 4 is 17.3 Å². The van der Waals surface area contributed by atoms with Gasteiger partial charge in [-0.05, 0) is 68.9 Å². The molecule has 0 bridgehead atoms. The highest BCUT2D eigenvalue weighted by atomic mass is 16.5. The first-order chi connectivity index (χ1) is 16.7. The molecule has 0 atom stereocenters. The Labute approximate surface area is 202 Å². The second-order valence-corrected chi connectivity index (χ2v) is 9.26. The van der Waals surface area contributed by atoms with Crippen LogP contribution in [-0.2, 0) is 0 Å². The molecule has 2 aromatic carbocycles. The highest BCUT2D eigenvalue weighted by Gasteiger charge is 2.26. The highest BCUT2D eigenvalue weighted by molar-refractivity contribution is 5.65. The Hall–Kier alpha value is -3.16. The van der Waals surface area contributed by atoms with Gasteiger partial charge in [0.1, 0.15) is 5.75 Å². The van der Waals surface area contributed by atoms with E-state index < -0.39 is 0 Å². The molecular formula is C27H34N6O. The number of nitrogens with one attached hydrogen (secondary N) is 1. The van der Waals surface area contributed by atoms with E-state index in [-0.39, 0.29) is 0 Å². The van der Waals surface area contributed by atoms with Crippen LogP contribution in [0.1, 0.15) is 12.8 Å². The van der Waals surface area contributed by atoms with Crippen molar-refractivity contribution in [3.8, 4) is 16.9 Å². The molecule has 2 aliphatic rings. The fraction of sp³-hybridized carbons (Fsp3) is 0.407. The number of nitrogens with zero attached hydrogens (tertiary/aromatic N) is 5. The van der Waals surface area contributed by atoms with Crippen molar-refractivity contribution in [1.82, 2.24) is 19.8 Å². The van der Waals surface area contributed by atoms with Gasteiger partial charge < -0.3 is 19.9 Å². The van der Waals surface area contributed by atoms with Crippen LogP contribution in [0.5, 0.6) is 5.75 Å². The minimum Gasteiger partial charge on any atom is -0.497 e. The molecule has 7 heteroatoms. The summed E-state index contributed by atoms with van der Waals surface area (Å²) in [4.78, 5) is 16.7. The van der Waals surface area contributed by atoms with Crippen LogP contribution in [0.2, 0.25) is 0 Å². The minimum atomic E-state index is 0.599. The maximum atomic E-state index is 5.23. The molecule has 2 aliphatic heterocycles. The molecule has 1 aromatic heterocycles. The van der Waals surface area contributed by atoms with Crippen LogP contribution < -0.4 is 15.0 Å². The van der Waals surface area contributed by atoms with E-state index in [1.54, 1.807) is 7.11 Å². The molecule has 5 rings (SSSR count). The first kappa shape index (κ1) is 22.6. The highest BCUT2D eigenvalue weighted by Crippen LogP contribution is 2.26. The van der Waals surface area contributed by atoms with Gasteiger partial charge in [0.25, 0.3) is 0 Å². The molecule has 1 N–H and O–H groups in total. The van der Waals surface area contributed by atoms with Crippen molar-refractivity contribution in [2.24, 2.45) is 0 Å². The van der Waals surface area contributed by atoms with Crippen LogP contribution in [0.4, 0.5) is 17.3 Å². The summed E-state index contributed by atoms with van der Waals surface area (Å²) < 4.78 is 5.23. The zero-order valence-electron chi connectivity index (χ0n) is 20.2. The van der Waals surface area contributed by atoms with Crippen LogP contribution in [-0.4, -0.2) is 79.2 Å². The molecule has 3 aromatic rings. The molecule has 0 unspecified atom stereocenters. The van der Waals surface area contributed by atoms with Crippen molar-refractivity contribution < 1.29 is 4.74 Å². The number of piperidine rings is 1. The van der Waals surface area contributed by atoms with E-state index in [2.05, 4.69) is 61.3 Å². The predicted molar refractivity (Wildman–Crippen MR) is 138 cm³/mol. The van der Waals surface area contributed by atoms with Gasteiger partial charge in [-0.25, -0.2) is 9.97 Å². The Morgan fingerprint density at radius 1 is 0.853 bits per heavy atom. The molecular weight excluding hydrogens is 424 g/mol. The quantitative estimate of drug-likeness (QED) is 0.597. The van der Waals surface area contributed by atoms with Crippen molar-refractivity contribution in [3.05, 3.63) is 60.9 Å². The Kier molecular flexibility index (Phi) is 6.92. The van der Waals surface area contributed by atoms with Crippen molar-refractivity contribution in [1.29, 1.82) is 0 Å². The average Bonchev–Trinajstić information content (AvgIpc) is 2.90. The van der Waals surface area contributed by atoms with Gasteiger partial charge in [0.2, 0.25) is 5.95 Å². The SMILES string of the molecule is COc1ccc(-c2cnc(Nc3cccc(N4CCN(C5CCN(C)CC5)CC4)c3)nc2)cc1. The van der Waals surface area contributed by atoms with Gasteiger partial charge in [0.05, 0.1) is 7.11 Å². The predicted octanol–water partition coefficient (Wildman–Crippen LogP) is 4.11. The average molecular weight is 459 g/mol. The van der Waals surface area contributed by atoms with Crippen LogP contribution >= 0.6 is 0 Å². The summed E-state index contributed by atoms with van der Waals surface area (Å²) in [5.74, 6) is 1.44. The normalized spacial score (nSPS) is 18.1. The third-order valence-corrected chi connectivity index (χ3v) is 7.06. The smallest absolute Gasteiger partial charge is 0.227 e. The summed E-state index contributed by atoms with van der Waals surface area (Å²) in [7, 11) is 3.90. The van der Waals surface area contributed by atoms with Gasteiger partial charge in [0, 0.05) is 61.6 Å². The van der Waals surface area contributed by atoms with Crippen LogP contribution in [0.25, 0.3) is 11.1 Å². The number of benzene rings is 2. The Morgan fingerprint density at radius 3 is 2.24 bits per heavy atom. The summed E-state index contributed by atoms with van der Waals surface area (Å²) in [6.45, 7) is 6.87. The van der Waals surface area contributed by atoms with Crippen LogP contribution in [0, 0.1) is 0 Å². The maximum Gasteiger partial charge on any atom is 0.227 e. The van der Waals surface area contributed by atoms with Gasteiger partial charge in [-0.1, -0.05) is 18.2 Å². The molecule has 178 valence electrons. The Morgan fingerprint density at radius 2 is 1.56 bits per heavy atom. The molecule has 7 nitrogen and oxygen atoms in total.